The van der Waals surface area contributed by atoms with Gasteiger partial charge in [-0.1, -0.05) is 42.5 Å². The number of hydrazone groups is 1. The number of anilines is 1. The lowest BCUT2D eigenvalue weighted by atomic mass is 10.1. The van der Waals surface area contributed by atoms with Gasteiger partial charge in [-0.2, -0.15) is 10.4 Å². The fraction of sp³-hybridized carbons (Fsp3) is 0.190. The molecule has 5 heteroatoms. The van der Waals surface area contributed by atoms with Crippen molar-refractivity contribution < 1.29 is 9.53 Å². The van der Waals surface area contributed by atoms with Crippen molar-refractivity contribution in [2.45, 2.75) is 13.3 Å². The minimum atomic E-state index is -0.601. The predicted octanol–water partition coefficient (Wildman–Crippen LogP) is 3.77. The van der Waals surface area contributed by atoms with Gasteiger partial charge >= 0.3 is 5.97 Å². The fourth-order valence-corrected chi connectivity index (χ4v) is 2.73. The molecule has 26 heavy (non-hydrogen) atoms. The Bertz CT molecular complexity index is 878. The first kappa shape index (κ1) is 17.4. The Morgan fingerprint density at radius 2 is 1.96 bits per heavy atom. The van der Waals surface area contributed by atoms with Gasteiger partial charge in [-0.15, -0.1) is 0 Å². The molecule has 0 N–H and O–H groups in total. The van der Waals surface area contributed by atoms with Crippen LogP contribution in [0.15, 0.2) is 65.3 Å². The van der Waals surface area contributed by atoms with Crippen LogP contribution in [0.4, 0.5) is 5.69 Å². The summed E-state index contributed by atoms with van der Waals surface area (Å²) in [6, 6.07) is 19.6. The van der Waals surface area contributed by atoms with E-state index in [1.807, 2.05) is 53.5 Å². The molecule has 0 aliphatic carbocycles. The van der Waals surface area contributed by atoms with E-state index in [0.717, 1.165) is 35.5 Å². The van der Waals surface area contributed by atoms with Gasteiger partial charge in [0.25, 0.3) is 0 Å². The van der Waals surface area contributed by atoms with Gasteiger partial charge in [0.15, 0.2) is 0 Å². The lowest BCUT2D eigenvalue weighted by Gasteiger charge is -2.13. The number of hydrogen-bond donors (Lipinski definition) is 0. The SMILES string of the molecule is CCOC(=O)/C(C#N)=C\c1ccc(N2CCC(c3ccccc3)=N2)cc1. The average molecular weight is 345 g/mol. The molecule has 0 atom stereocenters. The van der Waals surface area contributed by atoms with Crippen LogP contribution in [0.2, 0.25) is 0 Å². The van der Waals surface area contributed by atoms with E-state index in [0.29, 0.717) is 0 Å². The number of carbonyl (C=O) groups excluding carboxylic acids is 1. The second-order valence-corrected chi connectivity index (χ2v) is 5.77. The Kier molecular flexibility index (Phi) is 5.45. The highest BCUT2D eigenvalue weighted by molar-refractivity contribution is 6.02. The number of hydrogen-bond acceptors (Lipinski definition) is 5. The van der Waals surface area contributed by atoms with Crippen molar-refractivity contribution >= 4 is 23.4 Å². The molecule has 130 valence electrons. The van der Waals surface area contributed by atoms with Crippen LogP contribution in [0.5, 0.6) is 0 Å². The maximum Gasteiger partial charge on any atom is 0.348 e. The van der Waals surface area contributed by atoms with E-state index in [-0.39, 0.29) is 12.2 Å². The van der Waals surface area contributed by atoms with Crippen molar-refractivity contribution in [2.75, 3.05) is 18.2 Å². The number of rotatable bonds is 5. The van der Waals surface area contributed by atoms with Crippen molar-refractivity contribution in [3.05, 3.63) is 71.3 Å². The molecule has 0 saturated carbocycles. The van der Waals surface area contributed by atoms with Crippen LogP contribution in [0, 0.1) is 11.3 Å². The van der Waals surface area contributed by atoms with Crippen molar-refractivity contribution in [3.63, 3.8) is 0 Å². The number of ether oxygens (including phenoxy) is 1. The van der Waals surface area contributed by atoms with Gasteiger partial charge in [-0.3, -0.25) is 5.01 Å². The van der Waals surface area contributed by atoms with Crippen LogP contribution < -0.4 is 5.01 Å². The molecule has 0 bridgehead atoms. The first-order valence-electron chi connectivity index (χ1n) is 8.50. The van der Waals surface area contributed by atoms with Crippen LogP contribution in [-0.4, -0.2) is 24.8 Å². The van der Waals surface area contributed by atoms with Crippen molar-refractivity contribution in [3.8, 4) is 6.07 Å². The Labute approximate surface area is 152 Å². The summed E-state index contributed by atoms with van der Waals surface area (Å²) in [5.41, 5.74) is 3.95. The highest BCUT2D eigenvalue weighted by atomic mass is 16.5. The zero-order valence-corrected chi connectivity index (χ0v) is 14.6. The Morgan fingerprint density at radius 3 is 2.62 bits per heavy atom. The second kappa shape index (κ2) is 8.13. The molecule has 0 aromatic heterocycles. The van der Waals surface area contributed by atoms with E-state index >= 15 is 0 Å². The van der Waals surface area contributed by atoms with Gasteiger partial charge in [0, 0.05) is 13.0 Å². The van der Waals surface area contributed by atoms with E-state index in [4.69, 9.17) is 15.1 Å². The molecule has 0 saturated heterocycles. The summed E-state index contributed by atoms with van der Waals surface area (Å²) < 4.78 is 4.87. The second-order valence-electron chi connectivity index (χ2n) is 5.77. The molecular weight excluding hydrogens is 326 g/mol. The van der Waals surface area contributed by atoms with E-state index < -0.39 is 5.97 Å². The summed E-state index contributed by atoms with van der Waals surface area (Å²) in [6.45, 7) is 2.78. The maximum absolute atomic E-state index is 11.7. The molecule has 0 amide bonds. The Morgan fingerprint density at radius 1 is 1.23 bits per heavy atom. The lowest BCUT2D eigenvalue weighted by Crippen LogP contribution is -2.11. The summed E-state index contributed by atoms with van der Waals surface area (Å²) >= 11 is 0. The predicted molar refractivity (Wildman–Crippen MR) is 102 cm³/mol. The number of benzene rings is 2. The van der Waals surface area contributed by atoms with Crippen molar-refractivity contribution in [1.82, 2.24) is 0 Å². The van der Waals surface area contributed by atoms with Crippen LogP contribution in [-0.2, 0) is 9.53 Å². The van der Waals surface area contributed by atoms with Crippen LogP contribution in [0.3, 0.4) is 0 Å². The third-order valence-corrected chi connectivity index (χ3v) is 4.03. The van der Waals surface area contributed by atoms with E-state index in [9.17, 15) is 4.79 Å². The monoisotopic (exact) mass is 345 g/mol. The van der Waals surface area contributed by atoms with Crippen molar-refractivity contribution in [2.24, 2.45) is 5.10 Å². The molecule has 0 fully saturated rings. The molecular formula is C21H19N3O2. The van der Waals surface area contributed by atoms with Gasteiger partial charge in [0.05, 0.1) is 18.0 Å². The van der Waals surface area contributed by atoms with Gasteiger partial charge in [-0.25, -0.2) is 4.79 Å². The molecule has 2 aromatic rings. The zero-order chi connectivity index (χ0) is 18.4. The first-order chi connectivity index (χ1) is 12.7. The number of nitriles is 1. The molecule has 2 aromatic carbocycles. The standard InChI is InChI=1S/C21H19N3O2/c1-2-26-21(25)18(15-22)14-16-8-10-19(11-9-16)24-13-12-20(23-24)17-6-4-3-5-7-17/h3-11,14H,2,12-13H2,1H3/b18-14-. The van der Waals surface area contributed by atoms with Crippen LogP contribution in [0.1, 0.15) is 24.5 Å². The van der Waals surface area contributed by atoms with Crippen molar-refractivity contribution in [1.29, 1.82) is 5.26 Å². The van der Waals surface area contributed by atoms with E-state index in [1.54, 1.807) is 6.92 Å². The van der Waals surface area contributed by atoms with E-state index in [1.165, 1.54) is 6.08 Å². The Hall–Kier alpha value is -3.39. The third-order valence-electron chi connectivity index (χ3n) is 4.03. The number of esters is 1. The summed E-state index contributed by atoms with van der Waals surface area (Å²) in [7, 11) is 0. The molecule has 1 aliphatic heterocycles. The first-order valence-corrected chi connectivity index (χ1v) is 8.50. The Balaban J connectivity index is 1.75. The van der Waals surface area contributed by atoms with Gasteiger partial charge < -0.3 is 4.74 Å². The third kappa shape index (κ3) is 3.98. The van der Waals surface area contributed by atoms with Gasteiger partial charge in [-0.05, 0) is 36.3 Å². The molecule has 1 heterocycles. The number of nitrogens with zero attached hydrogens (tertiary/aromatic N) is 3. The highest BCUT2D eigenvalue weighted by Crippen LogP contribution is 2.23. The minimum Gasteiger partial charge on any atom is -0.462 e. The topological polar surface area (TPSA) is 65.7 Å². The van der Waals surface area contributed by atoms with Gasteiger partial charge in [0.1, 0.15) is 11.6 Å². The van der Waals surface area contributed by atoms with Crippen LogP contribution in [0.25, 0.3) is 6.08 Å². The molecule has 5 nitrogen and oxygen atoms in total. The zero-order valence-electron chi connectivity index (χ0n) is 14.6. The normalized spacial score (nSPS) is 13.9. The molecule has 3 rings (SSSR count). The highest BCUT2D eigenvalue weighted by Gasteiger charge is 2.17. The number of carbonyl (C=O) groups is 1. The quantitative estimate of drug-likeness (QED) is 0.470. The maximum atomic E-state index is 11.7. The lowest BCUT2D eigenvalue weighted by molar-refractivity contribution is -0.137. The summed E-state index contributed by atoms with van der Waals surface area (Å²) in [4.78, 5) is 11.7. The fourth-order valence-electron chi connectivity index (χ4n) is 2.73. The smallest absolute Gasteiger partial charge is 0.348 e. The molecule has 0 radical (unpaired) electrons. The summed E-state index contributed by atoms with van der Waals surface area (Å²) in [6.07, 6.45) is 2.43. The summed E-state index contributed by atoms with van der Waals surface area (Å²) in [5, 5.41) is 15.8. The molecule has 0 unspecified atom stereocenters. The average Bonchev–Trinajstić information content (AvgIpc) is 3.17. The summed E-state index contributed by atoms with van der Waals surface area (Å²) in [5.74, 6) is -0.601. The molecule has 1 aliphatic rings. The largest absolute Gasteiger partial charge is 0.462 e. The van der Waals surface area contributed by atoms with E-state index in [2.05, 4.69) is 12.1 Å². The van der Waals surface area contributed by atoms with Gasteiger partial charge in [0.2, 0.25) is 0 Å². The minimum absolute atomic E-state index is 0.00911. The molecule has 0 spiro atoms. The van der Waals surface area contributed by atoms with Crippen LogP contribution >= 0.6 is 0 Å².